The van der Waals surface area contributed by atoms with Crippen molar-refractivity contribution in [3.63, 3.8) is 0 Å². The molecule has 0 saturated carbocycles. The number of H-pyrrole nitrogens is 1. The minimum absolute atomic E-state index is 0.0377. The number of hydrogen-bond acceptors (Lipinski definition) is 10. The van der Waals surface area contributed by atoms with Crippen LogP contribution in [-0.4, -0.2) is 85.3 Å². The highest BCUT2D eigenvalue weighted by Gasteiger charge is 2.26. The molecule has 3 N–H and O–H groups in total. The van der Waals surface area contributed by atoms with E-state index >= 15 is 0 Å². The van der Waals surface area contributed by atoms with Gasteiger partial charge in [0.2, 0.25) is 23.7 Å². The largest absolute Gasteiger partial charge is 0.473 e. The van der Waals surface area contributed by atoms with E-state index in [9.17, 15) is 4.79 Å². The molecule has 4 aromatic heterocycles. The molecule has 0 bridgehead atoms. The molecule has 1 unspecified atom stereocenters. The number of nitrogens with zero attached hydrogens (tertiary/aromatic N) is 8. The van der Waals surface area contributed by atoms with Gasteiger partial charge in [-0.3, -0.25) is 14.4 Å². The number of aryl methyl sites for hydroxylation is 3. The molecule has 1 aromatic carbocycles. The molecular weight excluding hydrogens is 546 g/mol. The molecule has 0 aliphatic carbocycles. The Morgan fingerprint density at radius 1 is 1.19 bits per heavy atom. The molecule has 6 rings (SSSR count). The van der Waals surface area contributed by atoms with Crippen LogP contribution >= 0.6 is 0 Å². The number of anilines is 4. The first kappa shape index (κ1) is 28.1. The van der Waals surface area contributed by atoms with Crippen LogP contribution in [0.25, 0.3) is 22.2 Å². The number of rotatable bonds is 9. The Hall–Kier alpha value is -5.04. The first-order chi connectivity index (χ1) is 20.7. The number of fused-ring (bicyclic) bond motifs is 1. The van der Waals surface area contributed by atoms with Crippen molar-refractivity contribution in [1.29, 1.82) is 0 Å². The normalized spacial score (nSPS) is 15.1. The summed E-state index contributed by atoms with van der Waals surface area (Å²) in [6.45, 7) is 5.65. The molecule has 1 saturated heterocycles. The van der Waals surface area contributed by atoms with Gasteiger partial charge in [-0.15, -0.1) is 0 Å². The number of carbonyl (C=O) groups excluding carboxylic acids is 1. The van der Waals surface area contributed by atoms with E-state index in [-0.39, 0.29) is 18.6 Å². The average molecular weight is 582 g/mol. The van der Waals surface area contributed by atoms with E-state index in [0.717, 1.165) is 46.4 Å². The lowest BCUT2D eigenvalue weighted by Gasteiger charge is -2.17. The van der Waals surface area contributed by atoms with Crippen LogP contribution in [0.1, 0.15) is 17.7 Å². The maximum atomic E-state index is 13.1. The summed E-state index contributed by atoms with van der Waals surface area (Å²) in [6, 6.07) is 9.56. The maximum absolute atomic E-state index is 13.1. The Morgan fingerprint density at radius 3 is 2.84 bits per heavy atom. The third kappa shape index (κ3) is 6.11. The fraction of sp³-hybridized carbons (Fsp3) is 0.333. The molecule has 13 heteroatoms. The second-order valence-corrected chi connectivity index (χ2v) is 11.0. The van der Waals surface area contributed by atoms with E-state index in [1.165, 1.54) is 0 Å². The van der Waals surface area contributed by atoms with Crippen molar-refractivity contribution in [3.8, 4) is 17.1 Å². The number of likely N-dealkylation sites (tertiary alicyclic amines) is 1. The van der Waals surface area contributed by atoms with Crippen molar-refractivity contribution in [3.05, 3.63) is 60.2 Å². The summed E-state index contributed by atoms with van der Waals surface area (Å²) in [5.41, 5.74) is 5.23. The van der Waals surface area contributed by atoms with Gasteiger partial charge in [0.1, 0.15) is 6.10 Å². The highest BCUT2D eigenvalue weighted by Crippen LogP contribution is 2.33. The fourth-order valence-corrected chi connectivity index (χ4v) is 5.18. The van der Waals surface area contributed by atoms with Gasteiger partial charge in [0.15, 0.2) is 5.82 Å². The molecule has 0 spiro atoms. The minimum Gasteiger partial charge on any atom is -0.473 e. The summed E-state index contributed by atoms with van der Waals surface area (Å²) in [7, 11) is 5.67. The zero-order chi connectivity index (χ0) is 30.1. The van der Waals surface area contributed by atoms with Gasteiger partial charge in [0.25, 0.3) is 0 Å². The lowest BCUT2D eigenvalue weighted by Crippen LogP contribution is -2.33. The smallest absolute Gasteiger partial charge is 0.238 e. The number of aromatic amines is 1. The molecule has 1 atom stereocenters. The average Bonchev–Trinajstić information content (AvgIpc) is 3.69. The Kier molecular flexibility index (Phi) is 7.63. The summed E-state index contributed by atoms with van der Waals surface area (Å²) in [6.07, 6.45) is 6.18. The number of nitrogens with one attached hydrogen (secondary N) is 3. The number of aromatic nitrogens is 7. The third-order valence-electron chi connectivity index (χ3n) is 7.47. The quantitative estimate of drug-likeness (QED) is 0.236. The predicted octanol–water partition coefficient (Wildman–Crippen LogP) is 3.67. The van der Waals surface area contributed by atoms with Crippen molar-refractivity contribution >= 4 is 40.2 Å². The van der Waals surface area contributed by atoms with Crippen LogP contribution in [0.4, 0.5) is 23.4 Å². The number of hydrogen-bond donors (Lipinski definition) is 3. The molecule has 1 aliphatic rings. The van der Waals surface area contributed by atoms with Crippen LogP contribution in [0.5, 0.6) is 5.88 Å². The van der Waals surface area contributed by atoms with E-state index in [1.54, 1.807) is 23.1 Å². The molecule has 5 aromatic rings. The van der Waals surface area contributed by atoms with Crippen LogP contribution < -0.4 is 20.3 Å². The number of benzene rings is 1. The molecule has 1 aliphatic heterocycles. The topological polar surface area (TPSA) is 142 Å². The first-order valence-corrected chi connectivity index (χ1v) is 14.1. The first-order valence-electron chi connectivity index (χ1n) is 14.1. The van der Waals surface area contributed by atoms with Crippen molar-refractivity contribution in [2.75, 3.05) is 49.3 Å². The number of para-hydroxylation sites is 1. The van der Waals surface area contributed by atoms with Gasteiger partial charge < -0.3 is 25.3 Å². The van der Waals surface area contributed by atoms with Gasteiger partial charge in [-0.2, -0.15) is 10.1 Å². The van der Waals surface area contributed by atoms with Gasteiger partial charge in [-0.1, -0.05) is 12.1 Å². The SMILES string of the molecule is Cc1cnc(Nc2cc(C)n(C)n2)nc1-c1c[nH]c2c(NC(=O)CN3CCC(Oc4ccnc(N(C)C)n4)C3)cccc12. The van der Waals surface area contributed by atoms with Gasteiger partial charge in [0, 0.05) is 81.6 Å². The zero-order valence-electron chi connectivity index (χ0n) is 24.9. The minimum atomic E-state index is -0.0865. The third-order valence-corrected chi connectivity index (χ3v) is 7.47. The Balaban J connectivity index is 1.12. The summed E-state index contributed by atoms with van der Waals surface area (Å²) >= 11 is 0. The number of ether oxygens (including phenoxy) is 1. The van der Waals surface area contributed by atoms with E-state index < -0.39 is 0 Å². The Labute approximate surface area is 249 Å². The molecular formula is C30H35N11O2. The number of amides is 1. The Bertz CT molecular complexity index is 1760. The summed E-state index contributed by atoms with van der Waals surface area (Å²) < 4.78 is 7.88. The standard InChI is InChI=1S/C30H35N11O2/c1-18-14-33-29(35-24-13-19(2)40(5)38-24)37-27(18)22-15-32-28-21(22)7-6-8-23(28)34-25(42)17-41-12-10-20(16-41)43-26-9-11-31-30(36-26)39(3)4/h6-9,11,13-15,20,32H,10,12,16-17H2,1-5H3,(H,34,42)(H,33,35,37,38). The summed E-state index contributed by atoms with van der Waals surface area (Å²) in [4.78, 5) is 38.3. The molecule has 0 radical (unpaired) electrons. The molecule has 13 nitrogen and oxygen atoms in total. The van der Waals surface area contributed by atoms with Crippen molar-refractivity contribution in [2.45, 2.75) is 26.4 Å². The lowest BCUT2D eigenvalue weighted by molar-refractivity contribution is -0.117. The van der Waals surface area contributed by atoms with Crippen molar-refractivity contribution in [2.24, 2.45) is 7.05 Å². The van der Waals surface area contributed by atoms with E-state index in [2.05, 4.69) is 40.6 Å². The molecule has 222 valence electrons. The maximum Gasteiger partial charge on any atom is 0.238 e. The fourth-order valence-electron chi connectivity index (χ4n) is 5.18. The van der Waals surface area contributed by atoms with Gasteiger partial charge in [-0.05, 0) is 31.9 Å². The van der Waals surface area contributed by atoms with Crippen molar-refractivity contribution in [1.82, 2.24) is 39.6 Å². The van der Waals surface area contributed by atoms with E-state index in [0.29, 0.717) is 35.8 Å². The summed E-state index contributed by atoms with van der Waals surface area (Å²) in [5.74, 6) is 2.19. The van der Waals surface area contributed by atoms with Crippen LogP contribution in [0.2, 0.25) is 0 Å². The van der Waals surface area contributed by atoms with Crippen LogP contribution in [0.15, 0.2) is 48.9 Å². The molecule has 1 amide bonds. The van der Waals surface area contributed by atoms with Crippen LogP contribution in [0.3, 0.4) is 0 Å². The molecule has 1 fully saturated rings. The van der Waals surface area contributed by atoms with Crippen LogP contribution in [0, 0.1) is 13.8 Å². The van der Waals surface area contributed by atoms with Gasteiger partial charge >= 0.3 is 0 Å². The lowest BCUT2D eigenvalue weighted by atomic mass is 10.1. The van der Waals surface area contributed by atoms with Gasteiger partial charge in [0.05, 0.1) is 23.4 Å². The van der Waals surface area contributed by atoms with Gasteiger partial charge in [-0.25, -0.2) is 15.0 Å². The monoisotopic (exact) mass is 581 g/mol. The highest BCUT2D eigenvalue weighted by molar-refractivity contribution is 6.06. The number of carbonyl (C=O) groups is 1. The molecule has 43 heavy (non-hydrogen) atoms. The summed E-state index contributed by atoms with van der Waals surface area (Å²) in [5, 5.41) is 11.7. The van der Waals surface area contributed by atoms with E-state index in [1.807, 2.05) is 70.4 Å². The second kappa shape index (κ2) is 11.7. The zero-order valence-corrected chi connectivity index (χ0v) is 24.9. The molecule has 5 heterocycles. The van der Waals surface area contributed by atoms with Crippen LogP contribution in [-0.2, 0) is 11.8 Å². The van der Waals surface area contributed by atoms with E-state index in [4.69, 9.17) is 9.72 Å². The Morgan fingerprint density at radius 2 is 2.05 bits per heavy atom. The van der Waals surface area contributed by atoms with Crippen molar-refractivity contribution < 1.29 is 9.53 Å². The second-order valence-electron chi connectivity index (χ2n) is 11.0. The highest BCUT2D eigenvalue weighted by atomic mass is 16.5. The predicted molar refractivity (Wildman–Crippen MR) is 166 cm³/mol.